The number of aliphatic carboxylic acids is 1. The van der Waals surface area contributed by atoms with Crippen molar-refractivity contribution in [2.75, 3.05) is 6.61 Å². The van der Waals surface area contributed by atoms with Crippen LogP contribution in [0.2, 0.25) is 0 Å². The highest BCUT2D eigenvalue weighted by Gasteiger charge is 2.47. The van der Waals surface area contributed by atoms with Gasteiger partial charge in [-0.15, -0.1) is 0 Å². The first-order valence-electron chi connectivity index (χ1n) is 9.93. The molecule has 0 bridgehead atoms. The first-order chi connectivity index (χ1) is 17.0. The van der Waals surface area contributed by atoms with Crippen LogP contribution in [0.25, 0.3) is 0 Å². The lowest BCUT2D eigenvalue weighted by atomic mass is 9.99. The number of phosphoric ester groups is 2. The van der Waals surface area contributed by atoms with Crippen LogP contribution in [0.4, 0.5) is 0 Å². The summed E-state index contributed by atoms with van der Waals surface area (Å²) >= 11 is 0. The standard InChI is InChI=1S/C15H22N2O18P2/c18-5-1-2-17(15(26)16-5)12-9(22)6(19)4(32-12)3-31-36(27,28)35-37(29,30)34-14-10(23)7(20)8(21)11(33-14)13(24)25/h1-2,4,6-12,14,19-23H,3H2,(H,24,25)(H,27,28)(H,29,30)(H,16,18,26)/p-3/t4-,6-,7+,8+,9-,10-,11+,12-,14?/m1/s1. The highest BCUT2D eigenvalue weighted by molar-refractivity contribution is 7.59. The molecular formula is C15H19N2O18P2-3. The van der Waals surface area contributed by atoms with Gasteiger partial charge in [0.05, 0.1) is 12.6 Å². The van der Waals surface area contributed by atoms with Gasteiger partial charge in [0.2, 0.25) is 0 Å². The number of nitrogens with zero attached hydrogens (tertiary/aromatic N) is 1. The number of carbonyl (C=O) groups is 1. The molecule has 2 aliphatic heterocycles. The molecule has 3 unspecified atom stereocenters. The third kappa shape index (κ3) is 6.77. The Labute approximate surface area is 204 Å². The number of carboxylic acids is 1. The highest BCUT2D eigenvalue weighted by atomic mass is 31.3. The molecule has 6 N–H and O–H groups in total. The minimum Gasteiger partial charge on any atom is -0.756 e. The number of H-pyrrole nitrogens is 1. The fourth-order valence-corrected chi connectivity index (χ4v) is 5.39. The van der Waals surface area contributed by atoms with Crippen molar-refractivity contribution in [2.45, 2.75) is 55.2 Å². The normalized spacial score (nSPS) is 37.5. The van der Waals surface area contributed by atoms with Crippen molar-refractivity contribution >= 4 is 21.6 Å². The van der Waals surface area contributed by atoms with Gasteiger partial charge < -0.3 is 59.2 Å². The molecule has 0 amide bonds. The number of aliphatic hydroxyl groups excluding tert-OH is 5. The van der Waals surface area contributed by atoms with Gasteiger partial charge in [-0.05, 0) is 0 Å². The Morgan fingerprint density at radius 1 is 1.00 bits per heavy atom. The van der Waals surface area contributed by atoms with Crippen LogP contribution in [0.5, 0.6) is 0 Å². The molecular weight excluding hydrogens is 558 g/mol. The van der Waals surface area contributed by atoms with Gasteiger partial charge in [0.25, 0.3) is 21.2 Å². The van der Waals surface area contributed by atoms with E-state index in [-0.39, 0.29) is 0 Å². The smallest absolute Gasteiger partial charge is 0.330 e. The van der Waals surface area contributed by atoms with Gasteiger partial charge in [-0.2, -0.15) is 0 Å². The van der Waals surface area contributed by atoms with Crippen LogP contribution in [-0.2, 0) is 36.8 Å². The summed E-state index contributed by atoms with van der Waals surface area (Å²) in [5, 5.41) is 60.0. The third-order valence-electron chi connectivity index (χ3n) is 5.09. The van der Waals surface area contributed by atoms with Gasteiger partial charge >= 0.3 is 5.69 Å². The predicted octanol–water partition coefficient (Wildman–Crippen LogP) is -7.30. The van der Waals surface area contributed by atoms with Crippen molar-refractivity contribution in [1.82, 2.24) is 9.55 Å². The Kier molecular flexibility index (Phi) is 8.89. The van der Waals surface area contributed by atoms with Crippen LogP contribution in [-0.4, -0.2) is 96.7 Å². The van der Waals surface area contributed by atoms with Gasteiger partial charge in [0.1, 0.15) is 42.7 Å². The summed E-state index contributed by atoms with van der Waals surface area (Å²) in [7, 11) is -11.9. The Morgan fingerprint density at radius 2 is 1.65 bits per heavy atom. The minimum atomic E-state index is -6.06. The second-order valence-corrected chi connectivity index (χ2v) is 10.6. The Morgan fingerprint density at radius 3 is 2.24 bits per heavy atom. The molecule has 20 nitrogen and oxygen atoms in total. The molecule has 0 saturated carbocycles. The van der Waals surface area contributed by atoms with Crippen molar-refractivity contribution < 1.29 is 77.2 Å². The van der Waals surface area contributed by atoms with E-state index in [9.17, 15) is 63.9 Å². The molecule has 37 heavy (non-hydrogen) atoms. The second kappa shape index (κ2) is 11.1. The van der Waals surface area contributed by atoms with Crippen LogP contribution >= 0.6 is 15.6 Å². The quantitative estimate of drug-likeness (QED) is 0.148. The molecule has 0 aliphatic carbocycles. The number of nitrogens with one attached hydrogen (secondary N) is 1. The maximum absolute atomic E-state index is 12.0. The number of aliphatic hydroxyl groups is 5. The number of hydrogen-bond donors (Lipinski definition) is 6. The van der Waals surface area contributed by atoms with Crippen LogP contribution < -0.4 is 26.1 Å². The van der Waals surface area contributed by atoms with E-state index in [0.29, 0.717) is 4.57 Å². The lowest BCUT2D eigenvalue weighted by molar-refractivity contribution is -0.348. The Hall–Kier alpha value is -1.87. The Balaban J connectivity index is 1.63. The van der Waals surface area contributed by atoms with Crippen LogP contribution in [0.15, 0.2) is 21.9 Å². The molecule has 1 aromatic heterocycles. The molecule has 2 saturated heterocycles. The zero-order chi connectivity index (χ0) is 27.9. The average Bonchev–Trinajstić information content (AvgIpc) is 3.05. The number of carboxylic acid groups (broad SMARTS) is 1. The monoisotopic (exact) mass is 577 g/mol. The van der Waals surface area contributed by atoms with Crippen molar-refractivity contribution in [3.8, 4) is 0 Å². The number of phosphoric acid groups is 2. The third-order valence-corrected chi connectivity index (χ3v) is 7.63. The van der Waals surface area contributed by atoms with Crippen molar-refractivity contribution in [2.24, 2.45) is 0 Å². The maximum Gasteiger partial charge on any atom is 0.330 e. The van der Waals surface area contributed by atoms with Gasteiger partial charge in [-0.25, -0.2) is 9.11 Å². The Bertz CT molecular complexity index is 1200. The molecule has 11 atom stereocenters. The second-order valence-electron chi connectivity index (χ2n) is 7.66. The van der Waals surface area contributed by atoms with E-state index in [2.05, 4.69) is 18.1 Å². The number of aromatic amines is 1. The van der Waals surface area contributed by atoms with Crippen LogP contribution in [0, 0.1) is 0 Å². The van der Waals surface area contributed by atoms with E-state index in [1.165, 1.54) is 0 Å². The zero-order valence-electron chi connectivity index (χ0n) is 17.9. The largest absolute Gasteiger partial charge is 0.756 e. The minimum absolute atomic E-state index is 0.670. The summed E-state index contributed by atoms with van der Waals surface area (Å²) in [5.74, 6) is -2.13. The lowest BCUT2D eigenvalue weighted by Crippen LogP contribution is -2.62. The predicted molar refractivity (Wildman–Crippen MR) is 102 cm³/mol. The molecule has 2 fully saturated rings. The van der Waals surface area contributed by atoms with Crippen molar-refractivity contribution in [1.29, 1.82) is 0 Å². The number of ether oxygens (including phenoxy) is 2. The zero-order valence-corrected chi connectivity index (χ0v) is 19.7. The van der Waals surface area contributed by atoms with E-state index in [0.717, 1.165) is 12.3 Å². The SMILES string of the molecule is O=C([O-])[C@H]1OC(OP(=O)([O-])OP(=O)([O-])OC[C@H]2O[C@@H](n3ccc(=O)[nH]c3=O)[C@H](O)[C@@H]2O)[C@H](O)[C@@H](O)[C@@H]1O. The van der Waals surface area contributed by atoms with E-state index in [1.54, 1.807) is 0 Å². The van der Waals surface area contributed by atoms with Gasteiger partial charge in [-0.1, -0.05) is 0 Å². The van der Waals surface area contributed by atoms with Crippen molar-refractivity contribution in [3.05, 3.63) is 33.1 Å². The van der Waals surface area contributed by atoms with E-state index >= 15 is 0 Å². The molecule has 0 spiro atoms. The molecule has 0 radical (unpaired) electrons. The summed E-state index contributed by atoms with van der Waals surface area (Å²) in [6.07, 6.45) is -18.0. The first kappa shape index (κ1) is 29.7. The molecule has 22 heteroatoms. The molecule has 3 heterocycles. The molecule has 2 aliphatic rings. The number of aromatic nitrogens is 2. The average molecular weight is 577 g/mol. The van der Waals surface area contributed by atoms with Gasteiger partial charge in [-0.3, -0.25) is 28.0 Å². The summed E-state index contributed by atoms with van der Waals surface area (Å²) in [6.45, 7) is -1.17. The fourth-order valence-electron chi connectivity index (χ4n) is 3.31. The summed E-state index contributed by atoms with van der Waals surface area (Å²) in [6, 6.07) is 0.890. The number of carbonyl (C=O) groups excluding carboxylic acids is 1. The summed E-state index contributed by atoms with van der Waals surface area (Å²) in [5.41, 5.74) is -1.83. The van der Waals surface area contributed by atoms with Gasteiger partial charge in [0, 0.05) is 12.3 Å². The lowest BCUT2D eigenvalue weighted by Gasteiger charge is -2.42. The molecule has 1 aromatic rings. The van der Waals surface area contributed by atoms with Crippen LogP contribution in [0.1, 0.15) is 6.23 Å². The van der Waals surface area contributed by atoms with E-state index in [4.69, 9.17) is 4.74 Å². The van der Waals surface area contributed by atoms with Crippen LogP contribution in [0.3, 0.4) is 0 Å². The number of rotatable bonds is 9. The fraction of sp³-hybridized carbons (Fsp3) is 0.667. The molecule has 3 rings (SSSR count). The summed E-state index contributed by atoms with van der Waals surface area (Å²) < 4.78 is 46.5. The van der Waals surface area contributed by atoms with Gasteiger partial charge in [0.15, 0.2) is 12.5 Å². The highest BCUT2D eigenvalue weighted by Crippen LogP contribution is 2.57. The maximum atomic E-state index is 12.0. The molecule has 210 valence electrons. The van der Waals surface area contributed by atoms with Crippen molar-refractivity contribution in [3.63, 3.8) is 0 Å². The summed E-state index contributed by atoms with van der Waals surface area (Å²) in [4.78, 5) is 59.8. The topological polar surface area (TPSA) is 323 Å². The van der Waals surface area contributed by atoms with E-state index < -0.39 is 94.7 Å². The first-order valence-corrected chi connectivity index (χ1v) is 12.8. The number of hydrogen-bond acceptors (Lipinski definition) is 18. The molecule has 0 aromatic carbocycles. The van der Waals surface area contributed by atoms with E-state index in [1.807, 2.05) is 4.98 Å².